The van der Waals surface area contributed by atoms with Crippen LogP contribution in [0.5, 0.6) is 5.75 Å². The molecule has 1 atom stereocenters. The number of rotatable bonds is 3. The van der Waals surface area contributed by atoms with Crippen LogP contribution in [-0.4, -0.2) is 36.6 Å². The predicted octanol–water partition coefficient (Wildman–Crippen LogP) is 4.11. The molecule has 2 heterocycles. The lowest BCUT2D eigenvalue weighted by molar-refractivity contribution is 0.308. The largest absolute Gasteiger partial charge is 0.497 e. The normalized spacial score (nSPS) is 20.0. The van der Waals surface area contributed by atoms with Crippen LogP contribution in [0.1, 0.15) is 44.9 Å². The Kier molecular flexibility index (Phi) is 3.94. The van der Waals surface area contributed by atoms with Gasteiger partial charge in [0.2, 0.25) is 0 Å². The van der Waals surface area contributed by atoms with Gasteiger partial charge in [-0.1, -0.05) is 20.8 Å². The molecule has 0 bridgehead atoms. The summed E-state index contributed by atoms with van der Waals surface area (Å²) in [7, 11) is 3.99. The van der Waals surface area contributed by atoms with Crippen LogP contribution in [0.4, 0.5) is 0 Å². The smallest absolute Gasteiger partial charge is 0.119 e. The van der Waals surface area contributed by atoms with Crippen LogP contribution in [0.3, 0.4) is 0 Å². The van der Waals surface area contributed by atoms with Crippen LogP contribution in [0.2, 0.25) is 0 Å². The Bertz CT molecular complexity index is 666. The van der Waals surface area contributed by atoms with Crippen molar-refractivity contribution in [2.45, 2.75) is 51.5 Å². The van der Waals surface area contributed by atoms with E-state index in [9.17, 15) is 0 Å². The molecule has 3 nitrogen and oxygen atoms in total. The SMILES string of the molecule is COc1ccc2[nH]c(C(C)(C)C)c(C[C@H]3CCCN3C)c2c1. The third kappa shape index (κ3) is 2.74. The number of likely N-dealkylation sites (N-methyl/N-ethyl adjacent to an activating group) is 1. The van der Waals surface area contributed by atoms with Gasteiger partial charge in [-0.2, -0.15) is 0 Å². The van der Waals surface area contributed by atoms with E-state index in [-0.39, 0.29) is 5.41 Å². The highest BCUT2D eigenvalue weighted by Crippen LogP contribution is 2.35. The molecule has 120 valence electrons. The highest BCUT2D eigenvalue weighted by molar-refractivity contribution is 5.86. The number of hydrogen-bond acceptors (Lipinski definition) is 2. The maximum Gasteiger partial charge on any atom is 0.119 e. The molecule has 0 unspecified atom stereocenters. The van der Waals surface area contributed by atoms with Gasteiger partial charge in [-0.15, -0.1) is 0 Å². The lowest BCUT2D eigenvalue weighted by atomic mass is 9.86. The molecule has 0 radical (unpaired) electrons. The first kappa shape index (κ1) is 15.4. The zero-order chi connectivity index (χ0) is 15.9. The van der Waals surface area contributed by atoms with E-state index in [2.05, 4.69) is 49.8 Å². The van der Waals surface area contributed by atoms with Crippen LogP contribution in [-0.2, 0) is 11.8 Å². The highest BCUT2D eigenvalue weighted by Gasteiger charge is 2.27. The van der Waals surface area contributed by atoms with Gasteiger partial charge in [0.25, 0.3) is 0 Å². The molecule has 1 aliphatic rings. The van der Waals surface area contributed by atoms with Crippen molar-refractivity contribution in [1.82, 2.24) is 9.88 Å². The van der Waals surface area contributed by atoms with Gasteiger partial charge in [0.05, 0.1) is 7.11 Å². The van der Waals surface area contributed by atoms with Gasteiger partial charge >= 0.3 is 0 Å². The van der Waals surface area contributed by atoms with E-state index in [1.165, 1.54) is 41.5 Å². The quantitative estimate of drug-likeness (QED) is 0.924. The topological polar surface area (TPSA) is 28.3 Å². The Hall–Kier alpha value is -1.48. The van der Waals surface area contributed by atoms with E-state index >= 15 is 0 Å². The summed E-state index contributed by atoms with van der Waals surface area (Å²) in [6.45, 7) is 8.09. The van der Waals surface area contributed by atoms with Gasteiger partial charge < -0.3 is 14.6 Å². The van der Waals surface area contributed by atoms with Crippen molar-refractivity contribution < 1.29 is 4.74 Å². The Morgan fingerprint density at radius 2 is 2.09 bits per heavy atom. The number of benzene rings is 1. The molecule has 0 amide bonds. The zero-order valence-corrected chi connectivity index (χ0v) is 14.5. The number of nitrogens with zero attached hydrogens (tertiary/aromatic N) is 1. The molecule has 1 aromatic carbocycles. The minimum absolute atomic E-state index is 0.124. The summed E-state index contributed by atoms with van der Waals surface area (Å²) in [5, 5.41) is 1.32. The lowest BCUT2D eigenvalue weighted by Crippen LogP contribution is -2.28. The zero-order valence-electron chi connectivity index (χ0n) is 14.5. The predicted molar refractivity (Wildman–Crippen MR) is 92.9 cm³/mol. The van der Waals surface area contributed by atoms with Crippen LogP contribution in [0.15, 0.2) is 18.2 Å². The van der Waals surface area contributed by atoms with Crippen molar-refractivity contribution in [3.05, 3.63) is 29.5 Å². The number of aromatic nitrogens is 1. The number of aromatic amines is 1. The van der Waals surface area contributed by atoms with E-state index < -0.39 is 0 Å². The van der Waals surface area contributed by atoms with Crippen LogP contribution < -0.4 is 4.74 Å². The molecule has 0 spiro atoms. The molecule has 1 aliphatic heterocycles. The molecular formula is C19H28N2O. The summed E-state index contributed by atoms with van der Waals surface area (Å²) in [4.78, 5) is 6.18. The fourth-order valence-electron chi connectivity index (χ4n) is 3.68. The van der Waals surface area contributed by atoms with Crippen molar-refractivity contribution in [3.63, 3.8) is 0 Å². The van der Waals surface area contributed by atoms with Gasteiger partial charge in [-0.05, 0) is 56.6 Å². The molecule has 3 rings (SSSR count). The molecule has 1 aromatic heterocycles. The molecular weight excluding hydrogens is 272 g/mol. The molecule has 0 saturated carbocycles. The van der Waals surface area contributed by atoms with Crippen LogP contribution in [0, 0.1) is 0 Å². The molecule has 1 N–H and O–H groups in total. The Morgan fingerprint density at radius 3 is 2.68 bits per heavy atom. The summed E-state index contributed by atoms with van der Waals surface area (Å²) in [5.74, 6) is 0.938. The second-order valence-corrected chi connectivity index (χ2v) is 7.62. The van der Waals surface area contributed by atoms with Gasteiger partial charge in [0.15, 0.2) is 0 Å². The fraction of sp³-hybridized carbons (Fsp3) is 0.579. The number of hydrogen-bond donors (Lipinski definition) is 1. The third-order valence-corrected chi connectivity index (χ3v) is 4.97. The minimum atomic E-state index is 0.124. The fourth-order valence-corrected chi connectivity index (χ4v) is 3.68. The van der Waals surface area contributed by atoms with E-state index in [1.54, 1.807) is 7.11 Å². The summed E-state index contributed by atoms with van der Waals surface area (Å²) in [6, 6.07) is 7.03. The van der Waals surface area contributed by atoms with E-state index in [4.69, 9.17) is 4.74 Å². The van der Waals surface area contributed by atoms with Crippen LogP contribution in [0.25, 0.3) is 10.9 Å². The minimum Gasteiger partial charge on any atom is -0.497 e. The van der Waals surface area contributed by atoms with E-state index in [0.29, 0.717) is 6.04 Å². The first-order valence-electron chi connectivity index (χ1n) is 8.29. The second-order valence-electron chi connectivity index (χ2n) is 7.62. The summed E-state index contributed by atoms with van der Waals surface area (Å²) in [5.41, 5.74) is 4.19. The van der Waals surface area contributed by atoms with Crippen molar-refractivity contribution in [2.24, 2.45) is 0 Å². The molecule has 1 fully saturated rings. The van der Waals surface area contributed by atoms with E-state index in [1.807, 2.05) is 6.07 Å². The summed E-state index contributed by atoms with van der Waals surface area (Å²) < 4.78 is 5.44. The van der Waals surface area contributed by atoms with Crippen LogP contribution >= 0.6 is 0 Å². The highest BCUT2D eigenvalue weighted by atomic mass is 16.5. The second kappa shape index (κ2) is 5.62. The van der Waals surface area contributed by atoms with Crippen molar-refractivity contribution >= 4 is 10.9 Å². The average Bonchev–Trinajstić information content (AvgIpc) is 3.03. The maximum atomic E-state index is 5.44. The third-order valence-electron chi connectivity index (χ3n) is 4.97. The van der Waals surface area contributed by atoms with Gasteiger partial charge in [-0.25, -0.2) is 0 Å². The van der Waals surface area contributed by atoms with Gasteiger partial charge in [-0.3, -0.25) is 0 Å². The number of nitrogens with one attached hydrogen (secondary N) is 1. The number of ether oxygens (including phenoxy) is 1. The Labute approximate surface area is 133 Å². The lowest BCUT2D eigenvalue weighted by Gasteiger charge is -2.24. The van der Waals surface area contributed by atoms with Crippen molar-refractivity contribution in [3.8, 4) is 5.75 Å². The standard InChI is InChI=1S/C19H28N2O/c1-19(2,3)18-16(11-13-7-6-10-21(13)4)15-12-14(22-5)8-9-17(15)20-18/h8-9,12-13,20H,6-7,10-11H2,1-5H3/t13-/m1/s1. The molecule has 3 heteroatoms. The number of methoxy groups -OCH3 is 1. The number of H-pyrrole nitrogens is 1. The molecule has 1 saturated heterocycles. The Morgan fingerprint density at radius 1 is 1.32 bits per heavy atom. The Balaban J connectivity index is 2.10. The summed E-state index contributed by atoms with van der Waals surface area (Å²) in [6.07, 6.45) is 3.74. The molecule has 2 aromatic rings. The maximum absolute atomic E-state index is 5.44. The monoisotopic (exact) mass is 300 g/mol. The molecule has 0 aliphatic carbocycles. The summed E-state index contributed by atoms with van der Waals surface area (Å²) >= 11 is 0. The first-order chi connectivity index (χ1) is 10.4. The van der Waals surface area contributed by atoms with Gasteiger partial charge in [0.1, 0.15) is 5.75 Å². The first-order valence-corrected chi connectivity index (χ1v) is 8.29. The number of likely N-dealkylation sites (tertiary alicyclic amines) is 1. The van der Waals surface area contributed by atoms with E-state index in [0.717, 1.165) is 12.2 Å². The van der Waals surface area contributed by atoms with Gasteiger partial charge in [0, 0.05) is 28.1 Å². The molecule has 22 heavy (non-hydrogen) atoms. The number of fused-ring (bicyclic) bond motifs is 1. The van der Waals surface area contributed by atoms with Crippen molar-refractivity contribution in [1.29, 1.82) is 0 Å². The van der Waals surface area contributed by atoms with Crippen molar-refractivity contribution in [2.75, 3.05) is 20.7 Å². The average molecular weight is 300 g/mol.